The second kappa shape index (κ2) is 9.62. The number of amides is 1. The van der Waals surface area contributed by atoms with Gasteiger partial charge in [0.1, 0.15) is 17.7 Å². The van der Waals surface area contributed by atoms with Gasteiger partial charge in [0.2, 0.25) is 0 Å². The molecule has 4 heterocycles. The molecule has 37 heavy (non-hydrogen) atoms. The predicted octanol–water partition coefficient (Wildman–Crippen LogP) is 4.50. The quantitative estimate of drug-likeness (QED) is 0.272. The number of carbonyl (C=O) groups is 1. The number of aryl methyl sites for hydroxylation is 1. The van der Waals surface area contributed by atoms with Gasteiger partial charge in [-0.1, -0.05) is 24.3 Å². The van der Waals surface area contributed by atoms with E-state index in [9.17, 15) is 4.79 Å². The summed E-state index contributed by atoms with van der Waals surface area (Å²) in [6.45, 7) is 1.92. The molecule has 1 aliphatic heterocycles. The van der Waals surface area contributed by atoms with Crippen molar-refractivity contribution in [3.8, 4) is 11.1 Å². The van der Waals surface area contributed by atoms with E-state index < -0.39 is 0 Å². The van der Waals surface area contributed by atoms with Crippen LogP contribution in [0.5, 0.6) is 0 Å². The molecule has 4 aromatic rings. The number of nitrogens with one attached hydrogen (secondary N) is 5. The molecule has 0 saturated heterocycles. The standard InChI is InChI=1S/C28H26N8O/c1-17-14-29-10-8-23(17)35-28(37)25-12-19-2-3-20(13-24(19)34-25)27-30-11-9-26(36-27)33-22-6-4-18(5-7-22)21-15-31-32-16-21/h2-12,14-16,20,27,33-34,36H,13H2,1H3,(H,31,32)(H,29,35,37). The van der Waals surface area contributed by atoms with Crippen LogP contribution in [0, 0.1) is 12.8 Å². The second-order valence-corrected chi connectivity index (χ2v) is 9.15. The third-order valence-electron chi connectivity index (χ3n) is 6.60. The zero-order valence-corrected chi connectivity index (χ0v) is 20.2. The molecule has 5 N–H and O–H groups in total. The van der Waals surface area contributed by atoms with Crippen LogP contribution in [0.15, 0.2) is 84.2 Å². The minimum absolute atomic E-state index is 0.123. The van der Waals surface area contributed by atoms with E-state index in [4.69, 9.17) is 0 Å². The molecule has 0 bridgehead atoms. The van der Waals surface area contributed by atoms with Crippen molar-refractivity contribution >= 4 is 29.6 Å². The van der Waals surface area contributed by atoms with Crippen LogP contribution in [-0.4, -0.2) is 38.5 Å². The summed E-state index contributed by atoms with van der Waals surface area (Å²) in [6.07, 6.45) is 15.7. The Balaban J connectivity index is 1.09. The molecule has 6 rings (SSSR count). The van der Waals surface area contributed by atoms with Gasteiger partial charge in [-0.2, -0.15) is 5.10 Å². The van der Waals surface area contributed by atoms with E-state index in [2.05, 4.69) is 65.4 Å². The number of anilines is 2. The van der Waals surface area contributed by atoms with Crippen LogP contribution in [0.3, 0.4) is 0 Å². The molecule has 1 aliphatic carbocycles. The van der Waals surface area contributed by atoms with Gasteiger partial charge >= 0.3 is 0 Å². The van der Waals surface area contributed by atoms with Gasteiger partial charge in [0.05, 0.1) is 6.20 Å². The number of benzene rings is 1. The first-order valence-electron chi connectivity index (χ1n) is 12.1. The number of aromatic amines is 2. The summed E-state index contributed by atoms with van der Waals surface area (Å²) in [5.41, 5.74) is 7.39. The summed E-state index contributed by atoms with van der Waals surface area (Å²) in [6, 6.07) is 11.9. The molecule has 0 radical (unpaired) electrons. The smallest absolute Gasteiger partial charge is 0.272 e. The fourth-order valence-electron chi connectivity index (χ4n) is 4.57. The van der Waals surface area contributed by atoms with Crippen molar-refractivity contribution in [2.24, 2.45) is 10.9 Å². The van der Waals surface area contributed by atoms with Gasteiger partial charge in [0, 0.05) is 53.4 Å². The minimum Gasteiger partial charge on any atom is -0.354 e. The molecule has 3 aromatic heterocycles. The molecule has 1 amide bonds. The number of aromatic nitrogens is 4. The number of H-pyrrole nitrogens is 2. The Morgan fingerprint density at radius 1 is 1.11 bits per heavy atom. The Kier molecular flexibility index (Phi) is 5.86. The van der Waals surface area contributed by atoms with Crippen LogP contribution in [-0.2, 0) is 6.42 Å². The van der Waals surface area contributed by atoms with Crippen molar-refractivity contribution in [2.75, 3.05) is 10.6 Å². The highest BCUT2D eigenvalue weighted by Gasteiger charge is 2.26. The molecule has 9 nitrogen and oxygen atoms in total. The van der Waals surface area contributed by atoms with Crippen LogP contribution >= 0.6 is 0 Å². The van der Waals surface area contributed by atoms with E-state index in [0.717, 1.165) is 51.6 Å². The first-order chi connectivity index (χ1) is 18.1. The Hall–Kier alpha value is -4.92. The van der Waals surface area contributed by atoms with Crippen LogP contribution in [0.2, 0.25) is 0 Å². The first-order valence-corrected chi connectivity index (χ1v) is 12.1. The highest BCUT2D eigenvalue weighted by atomic mass is 16.1. The summed E-state index contributed by atoms with van der Waals surface area (Å²) in [4.78, 5) is 24.9. The van der Waals surface area contributed by atoms with Gasteiger partial charge in [-0.15, -0.1) is 0 Å². The number of pyridine rings is 1. The number of hydrogen-bond donors (Lipinski definition) is 5. The summed E-state index contributed by atoms with van der Waals surface area (Å²) in [5.74, 6) is 0.847. The molecule has 0 spiro atoms. The van der Waals surface area contributed by atoms with Crippen molar-refractivity contribution in [3.63, 3.8) is 0 Å². The Bertz CT molecular complexity index is 1510. The fourth-order valence-corrected chi connectivity index (χ4v) is 4.57. The van der Waals surface area contributed by atoms with E-state index in [1.165, 1.54) is 0 Å². The summed E-state index contributed by atoms with van der Waals surface area (Å²) in [7, 11) is 0. The molecule has 9 heteroatoms. The number of rotatable bonds is 6. The molecule has 1 aromatic carbocycles. The van der Waals surface area contributed by atoms with Gasteiger partial charge in [0.25, 0.3) is 5.91 Å². The second-order valence-electron chi connectivity index (χ2n) is 9.15. The number of carbonyl (C=O) groups excluding carboxylic acids is 1. The van der Waals surface area contributed by atoms with Crippen LogP contribution in [0.25, 0.3) is 17.2 Å². The fraction of sp³-hybridized carbons (Fsp3) is 0.143. The first kappa shape index (κ1) is 22.5. The van der Waals surface area contributed by atoms with Crippen LogP contribution in [0.4, 0.5) is 11.4 Å². The van der Waals surface area contributed by atoms with Crippen molar-refractivity contribution in [3.05, 3.63) is 102 Å². The Morgan fingerprint density at radius 3 is 2.81 bits per heavy atom. The average Bonchev–Trinajstić information content (AvgIpc) is 3.61. The van der Waals surface area contributed by atoms with Crippen LogP contribution in [0.1, 0.15) is 27.3 Å². The minimum atomic E-state index is -0.171. The predicted molar refractivity (Wildman–Crippen MR) is 145 cm³/mol. The lowest BCUT2D eigenvalue weighted by Gasteiger charge is -2.28. The number of allylic oxidation sites excluding steroid dienone is 1. The van der Waals surface area contributed by atoms with Crippen molar-refractivity contribution in [2.45, 2.75) is 19.5 Å². The maximum absolute atomic E-state index is 12.8. The van der Waals surface area contributed by atoms with Crippen molar-refractivity contribution in [1.82, 2.24) is 25.5 Å². The van der Waals surface area contributed by atoms with E-state index in [0.29, 0.717) is 5.69 Å². The number of hydrogen-bond acceptors (Lipinski definition) is 6. The topological polar surface area (TPSA) is 123 Å². The average molecular weight is 491 g/mol. The van der Waals surface area contributed by atoms with Crippen molar-refractivity contribution < 1.29 is 4.79 Å². The highest BCUT2D eigenvalue weighted by Crippen LogP contribution is 2.28. The third kappa shape index (κ3) is 4.79. The number of fused-ring (bicyclic) bond motifs is 1. The van der Waals surface area contributed by atoms with E-state index >= 15 is 0 Å². The van der Waals surface area contributed by atoms with Gasteiger partial charge in [0.15, 0.2) is 0 Å². The lowest BCUT2D eigenvalue weighted by atomic mass is 9.92. The summed E-state index contributed by atoms with van der Waals surface area (Å²) >= 11 is 0. The molecule has 2 aliphatic rings. The molecule has 2 atom stereocenters. The van der Waals surface area contributed by atoms with E-state index in [-0.39, 0.29) is 18.0 Å². The van der Waals surface area contributed by atoms with E-state index in [1.807, 2.05) is 43.6 Å². The molecule has 2 unspecified atom stereocenters. The molecular formula is C28H26N8O. The summed E-state index contributed by atoms with van der Waals surface area (Å²) < 4.78 is 0. The SMILES string of the molecule is Cc1cnccc1NC(=O)c1cc2c([nH]1)CC(C1N=CC=C(Nc3ccc(-c4cn[nH]c4)cc3)N1)C=C2. The Morgan fingerprint density at radius 2 is 2.00 bits per heavy atom. The monoisotopic (exact) mass is 490 g/mol. The third-order valence-corrected chi connectivity index (χ3v) is 6.60. The van der Waals surface area contributed by atoms with Gasteiger partial charge in [-0.25, -0.2) is 0 Å². The largest absolute Gasteiger partial charge is 0.354 e. The Labute approximate surface area is 213 Å². The zero-order valence-electron chi connectivity index (χ0n) is 20.2. The maximum atomic E-state index is 12.8. The lowest BCUT2D eigenvalue weighted by Crippen LogP contribution is -2.39. The number of aliphatic imine (C=N–C) groups is 1. The van der Waals surface area contributed by atoms with Crippen molar-refractivity contribution in [1.29, 1.82) is 0 Å². The van der Waals surface area contributed by atoms with Gasteiger partial charge in [-0.3, -0.25) is 19.9 Å². The zero-order chi connectivity index (χ0) is 25.2. The number of nitrogens with zero attached hydrogens (tertiary/aromatic N) is 3. The normalized spacial score (nSPS) is 18.0. The molecule has 0 saturated carbocycles. The molecule has 0 fully saturated rings. The van der Waals surface area contributed by atoms with Gasteiger partial charge < -0.3 is 20.9 Å². The van der Waals surface area contributed by atoms with Crippen LogP contribution < -0.4 is 16.0 Å². The molecular weight excluding hydrogens is 464 g/mol. The maximum Gasteiger partial charge on any atom is 0.272 e. The molecule has 184 valence electrons. The summed E-state index contributed by atoms with van der Waals surface area (Å²) in [5, 5.41) is 16.7. The van der Waals surface area contributed by atoms with Gasteiger partial charge in [-0.05, 0) is 60.4 Å². The van der Waals surface area contributed by atoms with E-state index in [1.54, 1.807) is 24.7 Å². The highest BCUT2D eigenvalue weighted by molar-refractivity contribution is 6.04. The lowest BCUT2D eigenvalue weighted by molar-refractivity contribution is 0.102.